The zero-order valence-electron chi connectivity index (χ0n) is 21.3. The molecule has 5 aromatic heterocycles. The number of fused-ring (bicyclic) bond motifs is 2. The fourth-order valence-electron chi connectivity index (χ4n) is 4.90. The average molecular weight is 527 g/mol. The lowest BCUT2D eigenvalue weighted by molar-refractivity contribution is 0.643. The maximum atomic E-state index is 16.2. The number of aromatic amines is 2. The number of benzene rings is 2. The summed E-state index contributed by atoms with van der Waals surface area (Å²) in [5, 5.41) is 11.1. The highest BCUT2D eigenvalue weighted by atomic mass is 19.1. The van der Waals surface area contributed by atoms with Crippen LogP contribution in [-0.4, -0.2) is 35.1 Å². The molecule has 2 aromatic carbocycles. The Kier molecular flexibility index (Phi) is 6.02. The second-order valence-corrected chi connectivity index (χ2v) is 9.45. The Balaban J connectivity index is 1.23. The van der Waals surface area contributed by atoms with Crippen molar-refractivity contribution in [1.82, 2.24) is 40.4 Å². The number of hydrogen-bond donors (Lipinski definition) is 3. The second-order valence-electron chi connectivity index (χ2n) is 9.45. The van der Waals surface area contributed by atoms with Crippen LogP contribution in [0.1, 0.15) is 11.1 Å². The minimum atomic E-state index is -0.393. The number of nitrogens with one attached hydrogen (secondary N) is 3. The smallest absolute Gasteiger partial charge is 0.178 e. The lowest BCUT2D eigenvalue weighted by atomic mass is 10.0. The first-order valence-electron chi connectivity index (χ1n) is 12.9. The predicted octanol–water partition coefficient (Wildman–Crippen LogP) is 6.05. The molecule has 0 amide bonds. The van der Waals surface area contributed by atoms with E-state index < -0.39 is 5.82 Å². The molecule has 0 saturated heterocycles. The highest BCUT2D eigenvalue weighted by Crippen LogP contribution is 2.34. The van der Waals surface area contributed by atoms with Crippen LogP contribution < -0.4 is 5.32 Å². The predicted molar refractivity (Wildman–Crippen MR) is 152 cm³/mol. The molecule has 0 fully saturated rings. The molecule has 194 valence electrons. The van der Waals surface area contributed by atoms with Crippen molar-refractivity contribution in [3.05, 3.63) is 115 Å². The SMILES string of the molecule is Fc1c(-c2cncc(CNCc3ccccc3)c2)ccc2[nH]nc(-c3nc4nccc(-c5ccccn5)c4[nH]3)c12. The van der Waals surface area contributed by atoms with Crippen molar-refractivity contribution < 1.29 is 4.39 Å². The average Bonchev–Trinajstić information content (AvgIpc) is 3.63. The van der Waals surface area contributed by atoms with Crippen LogP contribution in [0.5, 0.6) is 0 Å². The Morgan fingerprint density at radius 1 is 0.800 bits per heavy atom. The van der Waals surface area contributed by atoms with E-state index in [1.54, 1.807) is 30.9 Å². The molecule has 0 aliphatic rings. The molecular weight excluding hydrogens is 503 g/mol. The molecule has 0 unspecified atom stereocenters. The normalized spacial score (nSPS) is 11.4. The van der Waals surface area contributed by atoms with Gasteiger partial charge >= 0.3 is 0 Å². The Hall–Kier alpha value is -5.28. The largest absolute Gasteiger partial charge is 0.335 e. The van der Waals surface area contributed by atoms with Crippen LogP contribution in [0, 0.1) is 5.82 Å². The van der Waals surface area contributed by atoms with E-state index in [2.05, 4.69) is 52.6 Å². The minimum Gasteiger partial charge on any atom is -0.335 e. The second kappa shape index (κ2) is 10.1. The summed E-state index contributed by atoms with van der Waals surface area (Å²) in [6.07, 6.45) is 6.89. The van der Waals surface area contributed by atoms with Crippen molar-refractivity contribution in [2.24, 2.45) is 0 Å². The minimum absolute atomic E-state index is 0.351. The van der Waals surface area contributed by atoms with E-state index in [1.807, 2.05) is 54.6 Å². The van der Waals surface area contributed by atoms with Crippen molar-refractivity contribution in [2.45, 2.75) is 13.1 Å². The summed E-state index contributed by atoms with van der Waals surface area (Å²) < 4.78 is 16.2. The van der Waals surface area contributed by atoms with E-state index in [1.165, 1.54) is 5.56 Å². The van der Waals surface area contributed by atoms with Crippen molar-refractivity contribution in [3.8, 4) is 33.9 Å². The molecule has 7 aromatic rings. The molecule has 0 spiro atoms. The van der Waals surface area contributed by atoms with Crippen LogP contribution in [0.3, 0.4) is 0 Å². The van der Waals surface area contributed by atoms with Gasteiger partial charge in [-0.15, -0.1) is 0 Å². The molecule has 8 nitrogen and oxygen atoms in total. The van der Waals surface area contributed by atoms with Gasteiger partial charge in [-0.1, -0.05) is 36.4 Å². The summed E-state index contributed by atoms with van der Waals surface area (Å²) in [6.45, 7) is 1.35. The summed E-state index contributed by atoms with van der Waals surface area (Å²) in [5.74, 6) is 0.0287. The topological polar surface area (TPSA) is 108 Å². The Bertz CT molecular complexity index is 1950. The van der Waals surface area contributed by atoms with Gasteiger partial charge in [-0.25, -0.2) is 14.4 Å². The van der Waals surface area contributed by atoms with Gasteiger partial charge in [-0.05, 0) is 47.5 Å². The molecular formula is C31H23FN8. The summed E-state index contributed by atoms with van der Waals surface area (Å²) in [5.41, 5.74) is 7.11. The van der Waals surface area contributed by atoms with Crippen LogP contribution in [0.25, 0.3) is 56.0 Å². The van der Waals surface area contributed by atoms with E-state index in [9.17, 15) is 0 Å². The summed E-state index contributed by atoms with van der Waals surface area (Å²) in [4.78, 5) is 21.2. The van der Waals surface area contributed by atoms with Gasteiger partial charge in [0.05, 0.1) is 22.1 Å². The van der Waals surface area contributed by atoms with Crippen molar-refractivity contribution >= 4 is 22.1 Å². The van der Waals surface area contributed by atoms with Gasteiger partial charge in [0.1, 0.15) is 11.5 Å². The molecule has 0 saturated carbocycles. The van der Waals surface area contributed by atoms with Gasteiger partial charge in [0, 0.05) is 54.6 Å². The van der Waals surface area contributed by atoms with Gasteiger partial charge in [0.25, 0.3) is 0 Å². The maximum absolute atomic E-state index is 16.2. The van der Waals surface area contributed by atoms with Crippen LogP contribution in [-0.2, 0) is 13.1 Å². The third-order valence-electron chi connectivity index (χ3n) is 6.83. The van der Waals surface area contributed by atoms with E-state index in [-0.39, 0.29) is 0 Å². The van der Waals surface area contributed by atoms with Crippen LogP contribution in [0.4, 0.5) is 4.39 Å². The molecule has 3 N–H and O–H groups in total. The number of nitrogens with zero attached hydrogens (tertiary/aromatic N) is 5. The maximum Gasteiger partial charge on any atom is 0.178 e. The van der Waals surface area contributed by atoms with E-state index in [0.717, 1.165) is 23.4 Å². The van der Waals surface area contributed by atoms with Crippen LogP contribution in [0.15, 0.2) is 97.6 Å². The lowest BCUT2D eigenvalue weighted by Gasteiger charge is -2.09. The molecule has 0 radical (unpaired) electrons. The van der Waals surface area contributed by atoms with E-state index >= 15 is 4.39 Å². The number of rotatable bonds is 7. The summed E-state index contributed by atoms with van der Waals surface area (Å²) in [7, 11) is 0. The third kappa shape index (κ3) is 4.38. The molecule has 40 heavy (non-hydrogen) atoms. The molecule has 0 atom stereocenters. The molecule has 0 aliphatic heterocycles. The molecule has 0 aliphatic carbocycles. The van der Waals surface area contributed by atoms with Crippen molar-refractivity contribution in [3.63, 3.8) is 0 Å². The van der Waals surface area contributed by atoms with Crippen LogP contribution >= 0.6 is 0 Å². The van der Waals surface area contributed by atoms with Crippen molar-refractivity contribution in [1.29, 1.82) is 0 Å². The van der Waals surface area contributed by atoms with E-state index in [0.29, 0.717) is 51.3 Å². The fourth-order valence-corrected chi connectivity index (χ4v) is 4.90. The first-order valence-corrected chi connectivity index (χ1v) is 12.9. The Labute approximate surface area is 228 Å². The van der Waals surface area contributed by atoms with Gasteiger partial charge in [-0.2, -0.15) is 5.10 Å². The van der Waals surface area contributed by atoms with E-state index in [4.69, 9.17) is 0 Å². The molecule has 5 heterocycles. The zero-order chi connectivity index (χ0) is 26.9. The monoisotopic (exact) mass is 526 g/mol. The van der Waals surface area contributed by atoms with Crippen molar-refractivity contribution in [2.75, 3.05) is 0 Å². The number of imidazole rings is 1. The Morgan fingerprint density at radius 2 is 1.68 bits per heavy atom. The molecule has 9 heteroatoms. The van der Waals surface area contributed by atoms with Gasteiger partial charge < -0.3 is 10.3 Å². The Morgan fingerprint density at radius 3 is 2.55 bits per heavy atom. The molecule has 0 bridgehead atoms. The highest BCUT2D eigenvalue weighted by Gasteiger charge is 2.21. The summed E-state index contributed by atoms with van der Waals surface area (Å²) >= 11 is 0. The number of hydrogen-bond acceptors (Lipinski definition) is 6. The fraction of sp³-hybridized carbons (Fsp3) is 0.0645. The van der Waals surface area contributed by atoms with Gasteiger partial charge in [-0.3, -0.25) is 15.1 Å². The van der Waals surface area contributed by atoms with Gasteiger partial charge in [0.2, 0.25) is 0 Å². The first-order chi connectivity index (χ1) is 19.7. The number of pyridine rings is 3. The zero-order valence-corrected chi connectivity index (χ0v) is 21.3. The van der Waals surface area contributed by atoms with Crippen LogP contribution in [0.2, 0.25) is 0 Å². The third-order valence-corrected chi connectivity index (χ3v) is 6.83. The standard InChI is InChI=1S/C31H23FN8/c32-27-22(21-14-20(17-34-18-21)16-33-15-19-6-2-1-3-7-19)9-10-25-26(27)29(40-39-25)31-37-28-23(11-13-36-30(28)38-31)24-8-4-5-12-35-24/h1-14,17-18,33H,15-16H2,(H,39,40)(H,36,37,38). The lowest BCUT2D eigenvalue weighted by Crippen LogP contribution is -2.12. The number of aromatic nitrogens is 7. The summed E-state index contributed by atoms with van der Waals surface area (Å²) in [6, 6.07) is 23.3. The number of halogens is 1. The highest BCUT2D eigenvalue weighted by molar-refractivity contribution is 5.97. The number of H-pyrrole nitrogens is 2. The van der Waals surface area contributed by atoms with Gasteiger partial charge in [0.15, 0.2) is 11.5 Å². The first kappa shape index (κ1) is 23.8. The quantitative estimate of drug-likeness (QED) is 0.233. The molecule has 7 rings (SSSR count).